The fourth-order valence-electron chi connectivity index (χ4n) is 22.6. The van der Waals surface area contributed by atoms with Gasteiger partial charge in [-0.3, -0.25) is 0 Å². The second-order valence-electron chi connectivity index (χ2n) is 36.4. The molecule has 0 fully saturated rings. The number of hydrogen-bond donors (Lipinski definition) is 0. The summed E-state index contributed by atoms with van der Waals surface area (Å²) in [5.74, 6) is 0.0608. The standard InChI is InChI=1S/C111H100O2/c1-11-13-15-17-29-57-111(58-30-18-16-14-12-2)89-38-26-21-33-77(89)80-55-50-74(64-94(80)111)73-49-54-79-78-53-48-72(62-91(78)107(3,4)92(79)63-73)69-42-45-70(46-43-69)87-66-95-98(100-84-35-23-27-39-96(84)112-105(87)100)82-52-41-67(60-90(82)108(95,5)6)59-86(75-47-44-68-31-19-20-32-71(68)61-75)76-51-56-83-93(65-76)110(9,10)104-102(83)106-101(85-36-24-28-40-97(85)113-106)99-81-34-22-25-37-88(81)109(7,8)103(99)104/h19-28,31-56,60-66,86H,11-18,29-30,57-59H2,1-10H3. The normalized spacial score (nSPS) is 15.8. The van der Waals surface area contributed by atoms with E-state index in [1.54, 1.807) is 11.1 Å². The summed E-state index contributed by atoms with van der Waals surface area (Å²) in [4.78, 5) is 0. The van der Waals surface area contributed by atoms with E-state index in [0.717, 1.165) is 45.3 Å². The molecule has 21 rings (SSSR count). The van der Waals surface area contributed by atoms with E-state index in [0.29, 0.717) is 0 Å². The Hall–Kier alpha value is -11.1. The minimum Gasteiger partial charge on any atom is -0.455 e. The van der Waals surface area contributed by atoms with Gasteiger partial charge in [-0.05, 0) is 217 Å². The lowest BCUT2D eigenvalue weighted by Gasteiger charge is -2.33. The maximum Gasteiger partial charge on any atom is 0.144 e. The van der Waals surface area contributed by atoms with Gasteiger partial charge in [-0.1, -0.05) is 358 Å². The summed E-state index contributed by atoms with van der Waals surface area (Å²) >= 11 is 0. The first-order valence-corrected chi connectivity index (χ1v) is 42.5. The molecule has 0 bridgehead atoms. The molecular weight excluding hydrogens is 1370 g/mol. The molecule has 5 aliphatic carbocycles. The molecule has 2 heterocycles. The Kier molecular flexibility index (Phi) is 16.1. The predicted molar refractivity (Wildman–Crippen MR) is 476 cm³/mol. The van der Waals surface area contributed by atoms with Crippen LogP contribution in [0.15, 0.2) is 270 Å². The molecule has 2 heteroatoms. The Balaban J connectivity index is 0.606. The zero-order valence-electron chi connectivity index (χ0n) is 67.4. The van der Waals surface area contributed by atoms with E-state index in [9.17, 15) is 0 Å². The first kappa shape index (κ1) is 69.9. The third kappa shape index (κ3) is 10.4. The third-order valence-electron chi connectivity index (χ3n) is 28.5. The second kappa shape index (κ2) is 26.0. The van der Waals surface area contributed by atoms with Crippen LogP contribution >= 0.6 is 0 Å². The molecular formula is C111H100O2. The lowest BCUT2D eigenvalue weighted by molar-refractivity contribution is 0.399. The highest BCUT2D eigenvalue weighted by molar-refractivity contribution is 6.21. The molecule has 0 N–H and O–H groups in total. The minimum absolute atomic E-state index is 0.0460. The Labute approximate surface area is 667 Å². The maximum atomic E-state index is 7.15. The van der Waals surface area contributed by atoms with Crippen LogP contribution in [0.2, 0.25) is 0 Å². The van der Waals surface area contributed by atoms with Crippen molar-refractivity contribution in [1.29, 1.82) is 0 Å². The van der Waals surface area contributed by atoms with Crippen molar-refractivity contribution >= 4 is 54.6 Å². The Morgan fingerprint density at radius 2 is 0.735 bits per heavy atom. The fourth-order valence-corrected chi connectivity index (χ4v) is 22.6. The molecule has 5 aliphatic rings. The van der Waals surface area contributed by atoms with Gasteiger partial charge in [0.1, 0.15) is 22.3 Å². The first-order chi connectivity index (χ1) is 55.0. The first-order valence-electron chi connectivity index (χ1n) is 42.5. The lowest BCUT2D eigenvalue weighted by atomic mass is 9.70. The molecule has 14 aromatic carbocycles. The van der Waals surface area contributed by atoms with Crippen molar-refractivity contribution < 1.29 is 8.83 Å². The summed E-state index contributed by atoms with van der Waals surface area (Å²) in [6, 6.07) is 101. The van der Waals surface area contributed by atoms with Gasteiger partial charge < -0.3 is 8.83 Å². The van der Waals surface area contributed by atoms with Crippen molar-refractivity contribution in [3.05, 3.63) is 333 Å². The summed E-state index contributed by atoms with van der Waals surface area (Å²) in [5.41, 5.74) is 41.8. The number of fused-ring (bicyclic) bond motifs is 26. The van der Waals surface area contributed by atoms with E-state index in [1.807, 2.05) is 0 Å². The van der Waals surface area contributed by atoms with Crippen LogP contribution in [0.5, 0.6) is 0 Å². The average Bonchev–Trinajstić information content (AvgIpc) is 1.50. The molecule has 0 aliphatic heterocycles. The van der Waals surface area contributed by atoms with Crippen LogP contribution < -0.4 is 0 Å². The molecule has 0 saturated carbocycles. The van der Waals surface area contributed by atoms with E-state index in [2.05, 4.69) is 330 Å². The van der Waals surface area contributed by atoms with E-state index in [-0.39, 0.29) is 33.0 Å². The van der Waals surface area contributed by atoms with Gasteiger partial charge in [0, 0.05) is 65.7 Å². The van der Waals surface area contributed by atoms with Crippen molar-refractivity contribution in [2.75, 3.05) is 0 Å². The molecule has 0 amide bonds. The Morgan fingerprint density at radius 3 is 1.42 bits per heavy atom. The van der Waals surface area contributed by atoms with Crippen molar-refractivity contribution in [3.8, 4) is 89.0 Å². The highest BCUT2D eigenvalue weighted by Gasteiger charge is 2.50. The highest BCUT2D eigenvalue weighted by atomic mass is 16.3. The van der Waals surface area contributed by atoms with Gasteiger partial charge in [0.25, 0.3) is 0 Å². The lowest BCUT2D eigenvalue weighted by Crippen LogP contribution is -2.25. The molecule has 0 spiro atoms. The number of para-hydroxylation sites is 2. The third-order valence-corrected chi connectivity index (χ3v) is 28.5. The van der Waals surface area contributed by atoms with Crippen LogP contribution in [0.3, 0.4) is 0 Å². The summed E-state index contributed by atoms with van der Waals surface area (Å²) < 4.78 is 14.3. The van der Waals surface area contributed by atoms with Crippen molar-refractivity contribution in [3.63, 3.8) is 0 Å². The highest BCUT2D eigenvalue weighted by Crippen LogP contribution is 2.65. The molecule has 0 saturated heterocycles. The van der Waals surface area contributed by atoms with Crippen LogP contribution in [0.25, 0.3) is 144 Å². The van der Waals surface area contributed by atoms with Gasteiger partial charge in [-0.25, -0.2) is 0 Å². The molecule has 556 valence electrons. The largest absolute Gasteiger partial charge is 0.455 e. The van der Waals surface area contributed by atoms with E-state index < -0.39 is 0 Å². The molecule has 16 aromatic rings. The average molecular weight is 1470 g/mol. The van der Waals surface area contributed by atoms with E-state index >= 15 is 0 Å². The van der Waals surface area contributed by atoms with E-state index in [4.69, 9.17) is 8.83 Å². The zero-order valence-corrected chi connectivity index (χ0v) is 67.4. The fraction of sp³-hybridized carbons (Fsp3) is 0.261. The smallest absolute Gasteiger partial charge is 0.144 e. The van der Waals surface area contributed by atoms with Crippen LogP contribution in [0.1, 0.15) is 225 Å². The van der Waals surface area contributed by atoms with Crippen molar-refractivity contribution in [1.82, 2.24) is 0 Å². The quantitative estimate of drug-likeness (QED) is 0.0754. The van der Waals surface area contributed by atoms with Gasteiger partial charge in [0.05, 0.1) is 0 Å². The minimum atomic E-state index is -0.327. The molecule has 2 nitrogen and oxygen atoms in total. The molecule has 1 atom stereocenters. The summed E-state index contributed by atoms with van der Waals surface area (Å²) in [6.45, 7) is 24.3. The zero-order chi connectivity index (χ0) is 76.6. The maximum absolute atomic E-state index is 7.15. The summed E-state index contributed by atoms with van der Waals surface area (Å²) in [7, 11) is 0. The molecule has 0 radical (unpaired) electrons. The van der Waals surface area contributed by atoms with Crippen molar-refractivity contribution in [2.45, 2.75) is 186 Å². The van der Waals surface area contributed by atoms with Gasteiger partial charge >= 0.3 is 0 Å². The Bertz CT molecular complexity index is 6610. The topological polar surface area (TPSA) is 26.3 Å². The number of benzene rings is 14. The van der Waals surface area contributed by atoms with Gasteiger partial charge in [-0.2, -0.15) is 0 Å². The molecule has 113 heavy (non-hydrogen) atoms. The SMILES string of the molecule is CCCCCCCC1(CCCCCCC)c2ccccc2-c2ccc(-c3ccc4c(c3)C(C)(C)c3cc(-c5ccc(-c6cc7c(c8c6oc6ccccc68)-c6ccc(CC(c8ccc9c(c8)C(C)(C)c8c%10c(c%11c(oc%12ccccc%12%11)c8-9)-c8ccccc8C%10(C)C)c8ccc9ccccc9c8)cc6C7(C)C)cc5)ccc3-4)cc21. The summed E-state index contributed by atoms with van der Waals surface area (Å²) in [6.07, 6.45) is 16.3. The van der Waals surface area contributed by atoms with Crippen LogP contribution in [-0.2, 0) is 33.5 Å². The van der Waals surface area contributed by atoms with Crippen molar-refractivity contribution in [2.24, 2.45) is 0 Å². The van der Waals surface area contributed by atoms with Crippen LogP contribution in [0, 0.1) is 0 Å². The molecule has 2 aromatic heterocycles. The number of unbranched alkanes of at least 4 members (excludes halogenated alkanes) is 8. The number of furan rings is 2. The number of rotatable bonds is 19. The van der Waals surface area contributed by atoms with Gasteiger partial charge in [0.2, 0.25) is 0 Å². The van der Waals surface area contributed by atoms with Gasteiger partial charge in [-0.15, -0.1) is 0 Å². The predicted octanol–water partition coefficient (Wildman–Crippen LogP) is 31.2. The molecule has 1 unspecified atom stereocenters. The van der Waals surface area contributed by atoms with E-state index in [1.165, 1.54) is 243 Å². The Morgan fingerprint density at radius 1 is 0.283 bits per heavy atom. The second-order valence-corrected chi connectivity index (χ2v) is 36.4. The van der Waals surface area contributed by atoms with Gasteiger partial charge in [0.15, 0.2) is 0 Å². The van der Waals surface area contributed by atoms with Crippen LogP contribution in [-0.4, -0.2) is 0 Å². The van der Waals surface area contributed by atoms with Crippen LogP contribution in [0.4, 0.5) is 0 Å². The number of hydrogen-bond acceptors (Lipinski definition) is 2. The monoisotopic (exact) mass is 1460 g/mol. The summed E-state index contributed by atoms with van der Waals surface area (Å²) in [5, 5.41) is 7.30.